The molecule has 0 spiro atoms. The zero-order valence-electron chi connectivity index (χ0n) is 17.0. The summed E-state index contributed by atoms with van der Waals surface area (Å²) in [6.07, 6.45) is 9.00. The first-order valence-corrected chi connectivity index (χ1v) is 12.5. The third-order valence-corrected chi connectivity index (χ3v) is 7.94. The Morgan fingerprint density at radius 1 is 1.21 bits per heavy atom. The minimum absolute atomic E-state index is 0.00274. The summed E-state index contributed by atoms with van der Waals surface area (Å²) in [6.45, 7) is 1.70. The molecule has 0 aromatic carbocycles. The van der Waals surface area contributed by atoms with Crippen LogP contribution in [-0.2, 0) is 27.8 Å². The van der Waals surface area contributed by atoms with Gasteiger partial charge in [-0.25, -0.2) is 13.4 Å². The molecule has 3 heterocycles. The quantitative estimate of drug-likeness (QED) is 0.772. The number of aromatic amines is 1. The van der Waals surface area contributed by atoms with E-state index in [4.69, 9.17) is 0 Å². The molecule has 1 saturated carbocycles. The Bertz CT molecular complexity index is 936. The zero-order valence-corrected chi connectivity index (χ0v) is 17.8. The largest absolute Gasteiger partial charge is 0.342 e. The van der Waals surface area contributed by atoms with Crippen molar-refractivity contribution in [3.8, 4) is 0 Å². The van der Waals surface area contributed by atoms with Gasteiger partial charge in [0.2, 0.25) is 15.9 Å². The number of carbonyl (C=O) groups is 1. The monoisotopic (exact) mass is 422 g/mol. The van der Waals surface area contributed by atoms with Gasteiger partial charge in [0.05, 0.1) is 18.5 Å². The van der Waals surface area contributed by atoms with Crippen LogP contribution in [0.3, 0.4) is 0 Å². The van der Waals surface area contributed by atoms with Crippen LogP contribution in [0, 0.1) is 5.92 Å². The predicted octanol–water partition coefficient (Wildman–Crippen LogP) is 1.37. The number of likely N-dealkylation sites (tertiary alicyclic amines) is 1. The highest BCUT2D eigenvalue weighted by atomic mass is 32.2. The maximum Gasteiger partial charge on any atom is 0.254 e. The number of sulfonamides is 1. The van der Waals surface area contributed by atoms with Crippen LogP contribution in [0.2, 0.25) is 0 Å². The van der Waals surface area contributed by atoms with Crippen molar-refractivity contribution < 1.29 is 13.2 Å². The first-order chi connectivity index (χ1) is 13.8. The van der Waals surface area contributed by atoms with Gasteiger partial charge in [0.15, 0.2) is 0 Å². The van der Waals surface area contributed by atoms with Crippen LogP contribution in [0.25, 0.3) is 0 Å². The van der Waals surface area contributed by atoms with Gasteiger partial charge >= 0.3 is 0 Å². The van der Waals surface area contributed by atoms with E-state index in [9.17, 15) is 18.0 Å². The van der Waals surface area contributed by atoms with E-state index in [0.717, 1.165) is 12.8 Å². The molecule has 1 aromatic heterocycles. The van der Waals surface area contributed by atoms with Gasteiger partial charge in [-0.05, 0) is 25.2 Å². The first kappa shape index (κ1) is 20.5. The van der Waals surface area contributed by atoms with Gasteiger partial charge < -0.3 is 9.88 Å². The molecule has 0 radical (unpaired) electrons. The molecular weight excluding hydrogens is 392 g/mol. The molecule has 29 heavy (non-hydrogen) atoms. The standard InChI is InChI=1S/C20H30N4O4S/c1-29(27,28)24-11-9-16-17(13-24)21-19(22-20(16)26)15-8-10-23(12-15)18(25)7-6-14-4-2-3-5-14/h14-15H,2-13H2,1H3,(H,21,22,26). The number of fused-ring (bicyclic) bond motifs is 1. The van der Waals surface area contributed by atoms with E-state index in [-0.39, 0.29) is 23.9 Å². The molecule has 4 rings (SSSR count). The van der Waals surface area contributed by atoms with Crippen molar-refractivity contribution >= 4 is 15.9 Å². The van der Waals surface area contributed by atoms with Gasteiger partial charge in [0.25, 0.3) is 5.56 Å². The Morgan fingerprint density at radius 3 is 2.69 bits per heavy atom. The lowest BCUT2D eigenvalue weighted by Gasteiger charge is -2.26. The van der Waals surface area contributed by atoms with Crippen molar-refractivity contribution in [2.45, 2.75) is 63.8 Å². The highest BCUT2D eigenvalue weighted by molar-refractivity contribution is 7.88. The summed E-state index contributed by atoms with van der Waals surface area (Å²) in [6, 6.07) is 0. The van der Waals surface area contributed by atoms with Crippen molar-refractivity contribution in [1.82, 2.24) is 19.2 Å². The molecule has 1 saturated heterocycles. The summed E-state index contributed by atoms with van der Waals surface area (Å²) in [5, 5.41) is 0. The number of nitrogens with zero attached hydrogens (tertiary/aromatic N) is 3. The third kappa shape index (κ3) is 4.55. The van der Waals surface area contributed by atoms with E-state index in [1.807, 2.05) is 4.90 Å². The van der Waals surface area contributed by atoms with E-state index in [2.05, 4.69) is 9.97 Å². The average Bonchev–Trinajstić information content (AvgIpc) is 3.37. The second-order valence-electron chi connectivity index (χ2n) is 8.74. The number of H-pyrrole nitrogens is 1. The summed E-state index contributed by atoms with van der Waals surface area (Å²) >= 11 is 0. The SMILES string of the molecule is CS(=O)(=O)N1CCc2c(nc(C3CCN(C(=O)CCC4CCCC4)C3)[nH]c2=O)C1. The molecule has 1 amide bonds. The maximum atomic E-state index is 12.6. The number of hydrogen-bond acceptors (Lipinski definition) is 5. The fraction of sp³-hybridized carbons (Fsp3) is 0.750. The topological polar surface area (TPSA) is 103 Å². The fourth-order valence-corrected chi connectivity index (χ4v) is 5.69. The summed E-state index contributed by atoms with van der Waals surface area (Å²) < 4.78 is 25.1. The maximum absolute atomic E-state index is 12.6. The van der Waals surface area contributed by atoms with Crippen LogP contribution in [0.1, 0.15) is 67.9 Å². The number of nitrogens with one attached hydrogen (secondary N) is 1. The third-order valence-electron chi connectivity index (χ3n) is 6.69. The first-order valence-electron chi connectivity index (χ1n) is 10.7. The average molecular weight is 423 g/mol. The molecule has 0 bridgehead atoms. The van der Waals surface area contributed by atoms with Crippen molar-refractivity contribution in [3.63, 3.8) is 0 Å². The van der Waals surface area contributed by atoms with E-state index >= 15 is 0 Å². The molecule has 2 fully saturated rings. The second-order valence-corrected chi connectivity index (χ2v) is 10.7. The smallest absolute Gasteiger partial charge is 0.254 e. The molecule has 1 unspecified atom stereocenters. The highest BCUT2D eigenvalue weighted by Gasteiger charge is 2.32. The lowest BCUT2D eigenvalue weighted by molar-refractivity contribution is -0.130. The van der Waals surface area contributed by atoms with Crippen molar-refractivity contribution in [1.29, 1.82) is 0 Å². The van der Waals surface area contributed by atoms with Crippen LogP contribution in [-0.4, -0.2) is 59.4 Å². The molecule has 8 nitrogen and oxygen atoms in total. The van der Waals surface area contributed by atoms with Crippen LogP contribution in [0.4, 0.5) is 0 Å². The van der Waals surface area contributed by atoms with E-state index in [0.29, 0.717) is 55.5 Å². The van der Waals surface area contributed by atoms with Crippen molar-refractivity contribution in [3.05, 3.63) is 27.4 Å². The molecule has 1 aromatic rings. The summed E-state index contributed by atoms with van der Waals surface area (Å²) in [4.78, 5) is 34.5. The summed E-state index contributed by atoms with van der Waals surface area (Å²) in [5.74, 6) is 1.48. The normalized spacial score (nSPS) is 23.5. The molecule has 160 valence electrons. The van der Waals surface area contributed by atoms with Gasteiger partial charge in [0, 0.05) is 37.5 Å². The van der Waals surface area contributed by atoms with Crippen LogP contribution >= 0.6 is 0 Å². The number of rotatable bonds is 5. The van der Waals surface area contributed by atoms with Gasteiger partial charge in [-0.2, -0.15) is 4.31 Å². The number of hydrogen-bond donors (Lipinski definition) is 1. The Hall–Kier alpha value is -1.74. The van der Waals surface area contributed by atoms with Crippen molar-refractivity contribution in [2.24, 2.45) is 5.92 Å². The van der Waals surface area contributed by atoms with Crippen molar-refractivity contribution in [2.75, 3.05) is 25.9 Å². The summed E-state index contributed by atoms with van der Waals surface area (Å²) in [7, 11) is -3.32. The Kier molecular flexibility index (Phi) is 5.79. The minimum atomic E-state index is -3.32. The van der Waals surface area contributed by atoms with Crippen LogP contribution in [0.5, 0.6) is 0 Å². The molecule has 3 aliphatic rings. The van der Waals surface area contributed by atoms with Gasteiger partial charge in [-0.15, -0.1) is 0 Å². The molecular formula is C20H30N4O4S. The number of carbonyl (C=O) groups excluding carboxylic acids is 1. The second kappa shape index (κ2) is 8.18. The molecule has 1 N–H and O–H groups in total. The van der Waals surface area contributed by atoms with Gasteiger partial charge in [-0.3, -0.25) is 9.59 Å². The van der Waals surface area contributed by atoms with E-state index in [1.165, 1.54) is 36.2 Å². The Balaban J connectivity index is 1.42. The predicted molar refractivity (Wildman–Crippen MR) is 109 cm³/mol. The molecule has 2 aliphatic heterocycles. The van der Waals surface area contributed by atoms with E-state index < -0.39 is 10.0 Å². The van der Waals surface area contributed by atoms with Crippen LogP contribution in [0.15, 0.2) is 4.79 Å². The Labute approximate surface area is 171 Å². The molecule has 1 atom stereocenters. The zero-order chi connectivity index (χ0) is 20.6. The van der Waals surface area contributed by atoms with E-state index in [1.54, 1.807) is 0 Å². The molecule has 1 aliphatic carbocycles. The summed E-state index contributed by atoms with van der Waals surface area (Å²) in [5.41, 5.74) is 0.951. The number of aromatic nitrogens is 2. The van der Waals surface area contributed by atoms with Crippen LogP contribution < -0.4 is 5.56 Å². The highest BCUT2D eigenvalue weighted by Crippen LogP contribution is 2.30. The molecule has 9 heteroatoms. The minimum Gasteiger partial charge on any atom is -0.342 e. The number of amides is 1. The van der Waals surface area contributed by atoms with Gasteiger partial charge in [-0.1, -0.05) is 25.7 Å². The fourth-order valence-electron chi connectivity index (χ4n) is 4.91. The van der Waals surface area contributed by atoms with Gasteiger partial charge in [0.1, 0.15) is 5.82 Å². The lowest BCUT2D eigenvalue weighted by atomic mass is 10.0. The lowest BCUT2D eigenvalue weighted by Crippen LogP contribution is -2.39. The Morgan fingerprint density at radius 2 is 1.97 bits per heavy atom.